The number of amides is 2. The second-order valence-electron chi connectivity index (χ2n) is 8.50. The third-order valence-corrected chi connectivity index (χ3v) is 6.16. The average Bonchev–Trinajstić information content (AvgIpc) is 2.85. The van der Waals surface area contributed by atoms with Crippen molar-refractivity contribution in [3.05, 3.63) is 101 Å². The summed E-state index contributed by atoms with van der Waals surface area (Å²) < 4.78 is 19.5. The van der Waals surface area contributed by atoms with Crippen LogP contribution in [-0.2, 0) is 22.6 Å². The van der Waals surface area contributed by atoms with Crippen LogP contribution in [0.15, 0.2) is 72.8 Å². The first kappa shape index (κ1) is 23.5. The smallest absolute Gasteiger partial charge is 0.261 e. The summed E-state index contributed by atoms with van der Waals surface area (Å²) in [6, 6.07) is 21.8. The van der Waals surface area contributed by atoms with E-state index in [-0.39, 0.29) is 30.2 Å². The van der Waals surface area contributed by atoms with E-state index in [1.165, 1.54) is 17.7 Å². The Morgan fingerprint density at radius 3 is 2.59 bits per heavy atom. The van der Waals surface area contributed by atoms with Gasteiger partial charge in [-0.25, -0.2) is 4.39 Å². The number of halogens is 1. The predicted octanol–water partition coefficient (Wildman–Crippen LogP) is 4.79. The van der Waals surface area contributed by atoms with Crippen LogP contribution < -0.4 is 10.1 Å². The van der Waals surface area contributed by atoms with E-state index in [0.29, 0.717) is 24.3 Å². The zero-order chi connectivity index (χ0) is 24.1. The molecule has 0 bridgehead atoms. The molecule has 176 valence electrons. The lowest BCUT2D eigenvalue weighted by Gasteiger charge is -2.37. The van der Waals surface area contributed by atoms with Crippen LogP contribution in [0.25, 0.3) is 0 Å². The molecule has 1 N–H and O–H groups in total. The van der Waals surface area contributed by atoms with Crippen molar-refractivity contribution in [2.24, 2.45) is 0 Å². The predicted molar refractivity (Wildman–Crippen MR) is 129 cm³/mol. The highest BCUT2D eigenvalue weighted by Crippen LogP contribution is 2.37. The lowest BCUT2D eigenvalue weighted by atomic mass is 9.88. The molecule has 0 aromatic heterocycles. The SMILES string of the molecule is CC[C@@H](Oc1ccc2c(c1)[C@H](c1ccccc1)N(C(C)=O)CC2)C(=O)NCc1cccc(F)c1. The molecule has 0 radical (unpaired) electrons. The number of nitrogens with zero attached hydrogens (tertiary/aromatic N) is 1. The molecule has 0 aliphatic carbocycles. The molecule has 1 aliphatic rings. The fraction of sp³-hybridized carbons (Fsp3) is 0.286. The summed E-state index contributed by atoms with van der Waals surface area (Å²) in [5.74, 6) is 0.0120. The van der Waals surface area contributed by atoms with Gasteiger partial charge in [0, 0.05) is 20.0 Å². The van der Waals surface area contributed by atoms with Crippen LogP contribution >= 0.6 is 0 Å². The summed E-state index contributed by atoms with van der Waals surface area (Å²) in [5.41, 5.74) is 3.91. The highest BCUT2D eigenvalue weighted by atomic mass is 19.1. The van der Waals surface area contributed by atoms with Crippen molar-refractivity contribution < 1.29 is 18.7 Å². The van der Waals surface area contributed by atoms with Crippen molar-refractivity contribution in [2.75, 3.05) is 6.54 Å². The number of hydrogen-bond acceptors (Lipinski definition) is 3. The maximum absolute atomic E-state index is 13.4. The maximum atomic E-state index is 13.4. The third kappa shape index (κ3) is 5.28. The molecule has 2 atom stereocenters. The van der Waals surface area contributed by atoms with Gasteiger partial charge in [-0.05, 0) is 59.4 Å². The third-order valence-electron chi connectivity index (χ3n) is 6.16. The van der Waals surface area contributed by atoms with Crippen LogP contribution in [0.1, 0.15) is 48.6 Å². The van der Waals surface area contributed by atoms with Gasteiger partial charge in [0.15, 0.2) is 6.10 Å². The molecule has 2 amide bonds. The van der Waals surface area contributed by atoms with Gasteiger partial charge in [-0.2, -0.15) is 0 Å². The second kappa shape index (κ2) is 10.5. The van der Waals surface area contributed by atoms with E-state index in [4.69, 9.17) is 4.74 Å². The van der Waals surface area contributed by atoms with Crippen molar-refractivity contribution in [3.8, 4) is 5.75 Å². The van der Waals surface area contributed by atoms with Gasteiger partial charge in [0.05, 0.1) is 6.04 Å². The highest BCUT2D eigenvalue weighted by molar-refractivity contribution is 5.81. The van der Waals surface area contributed by atoms with Crippen LogP contribution in [0.4, 0.5) is 4.39 Å². The monoisotopic (exact) mass is 460 g/mol. The largest absolute Gasteiger partial charge is 0.481 e. The maximum Gasteiger partial charge on any atom is 0.261 e. The van der Waals surface area contributed by atoms with Gasteiger partial charge in [0.25, 0.3) is 5.91 Å². The minimum atomic E-state index is -0.686. The number of nitrogens with one attached hydrogen (secondary N) is 1. The second-order valence-corrected chi connectivity index (χ2v) is 8.50. The zero-order valence-electron chi connectivity index (χ0n) is 19.5. The average molecular weight is 461 g/mol. The van der Waals surface area contributed by atoms with Crippen molar-refractivity contribution in [1.29, 1.82) is 0 Å². The van der Waals surface area contributed by atoms with Gasteiger partial charge >= 0.3 is 0 Å². The van der Waals surface area contributed by atoms with Crippen LogP contribution in [0, 0.1) is 5.82 Å². The molecule has 34 heavy (non-hydrogen) atoms. The van der Waals surface area contributed by atoms with E-state index >= 15 is 0 Å². The Labute approximate surface area is 199 Å². The molecule has 0 spiro atoms. The van der Waals surface area contributed by atoms with Gasteiger partial charge in [0.2, 0.25) is 5.91 Å². The summed E-state index contributed by atoms with van der Waals surface area (Å²) in [6.45, 7) is 4.36. The number of rotatable bonds is 7. The normalized spacial score (nSPS) is 15.9. The first-order valence-corrected chi connectivity index (χ1v) is 11.6. The molecule has 1 aliphatic heterocycles. The number of hydrogen-bond donors (Lipinski definition) is 1. The minimum Gasteiger partial charge on any atom is -0.481 e. The summed E-state index contributed by atoms with van der Waals surface area (Å²) in [4.78, 5) is 27.1. The minimum absolute atomic E-state index is 0.0222. The Balaban J connectivity index is 1.54. The van der Waals surface area contributed by atoms with Gasteiger partial charge in [-0.1, -0.05) is 55.5 Å². The number of fused-ring (bicyclic) bond motifs is 1. The van der Waals surface area contributed by atoms with Gasteiger partial charge < -0.3 is 15.0 Å². The molecular formula is C28H29FN2O3. The number of benzene rings is 3. The molecular weight excluding hydrogens is 431 g/mol. The first-order valence-electron chi connectivity index (χ1n) is 11.6. The van der Waals surface area contributed by atoms with Crippen molar-refractivity contribution in [3.63, 3.8) is 0 Å². The molecule has 0 unspecified atom stereocenters. The van der Waals surface area contributed by atoms with E-state index < -0.39 is 6.10 Å². The molecule has 1 heterocycles. The van der Waals surface area contributed by atoms with Crippen molar-refractivity contribution >= 4 is 11.8 Å². The summed E-state index contributed by atoms with van der Waals surface area (Å²) >= 11 is 0. The Morgan fingerprint density at radius 1 is 1.09 bits per heavy atom. The van der Waals surface area contributed by atoms with Gasteiger partial charge in [-0.15, -0.1) is 0 Å². The van der Waals surface area contributed by atoms with Crippen molar-refractivity contribution in [2.45, 2.75) is 45.4 Å². The Morgan fingerprint density at radius 2 is 1.88 bits per heavy atom. The number of carbonyl (C=O) groups excluding carboxylic acids is 2. The van der Waals surface area contributed by atoms with E-state index in [1.54, 1.807) is 19.1 Å². The molecule has 6 heteroatoms. The Kier molecular flexibility index (Phi) is 7.26. The molecule has 4 rings (SSSR count). The highest BCUT2D eigenvalue weighted by Gasteiger charge is 2.31. The molecule has 3 aromatic rings. The lowest BCUT2D eigenvalue weighted by Crippen LogP contribution is -2.39. The number of ether oxygens (including phenoxy) is 1. The van der Waals surface area contributed by atoms with E-state index in [2.05, 4.69) is 5.32 Å². The summed E-state index contributed by atoms with van der Waals surface area (Å²) in [7, 11) is 0. The molecule has 0 fully saturated rings. The zero-order valence-corrected chi connectivity index (χ0v) is 19.5. The number of carbonyl (C=O) groups is 2. The van der Waals surface area contributed by atoms with Crippen LogP contribution in [0.2, 0.25) is 0 Å². The molecule has 0 saturated carbocycles. The van der Waals surface area contributed by atoms with Gasteiger partial charge in [0.1, 0.15) is 11.6 Å². The fourth-order valence-electron chi connectivity index (χ4n) is 4.44. The quantitative estimate of drug-likeness (QED) is 0.551. The van der Waals surface area contributed by atoms with Crippen LogP contribution in [0.3, 0.4) is 0 Å². The summed E-state index contributed by atoms with van der Waals surface area (Å²) in [6.07, 6.45) is 0.562. The molecule has 5 nitrogen and oxygen atoms in total. The van der Waals surface area contributed by atoms with Crippen molar-refractivity contribution in [1.82, 2.24) is 10.2 Å². The first-order chi connectivity index (χ1) is 16.5. The van der Waals surface area contributed by atoms with E-state index in [1.807, 2.05) is 60.4 Å². The van der Waals surface area contributed by atoms with Crippen LogP contribution in [0.5, 0.6) is 5.75 Å². The Bertz CT molecular complexity index is 1170. The molecule has 0 saturated heterocycles. The topological polar surface area (TPSA) is 58.6 Å². The standard InChI is InChI=1S/C28H29FN2O3/c1-3-26(28(33)30-18-20-8-7-11-23(29)16-20)34-24-13-12-21-14-15-31(19(2)32)27(25(21)17-24)22-9-5-4-6-10-22/h4-13,16-17,26-27H,3,14-15,18H2,1-2H3,(H,30,33)/t26-,27+/m1/s1. The fourth-order valence-corrected chi connectivity index (χ4v) is 4.44. The van der Waals surface area contributed by atoms with E-state index in [0.717, 1.165) is 17.5 Å². The summed E-state index contributed by atoms with van der Waals surface area (Å²) in [5, 5.41) is 2.83. The lowest BCUT2D eigenvalue weighted by molar-refractivity contribution is -0.131. The molecule has 3 aromatic carbocycles. The van der Waals surface area contributed by atoms with Gasteiger partial charge in [-0.3, -0.25) is 9.59 Å². The van der Waals surface area contributed by atoms with Crippen LogP contribution in [-0.4, -0.2) is 29.4 Å². The van der Waals surface area contributed by atoms with E-state index in [9.17, 15) is 14.0 Å². The Hall–Kier alpha value is -3.67.